The van der Waals surface area contributed by atoms with Crippen molar-refractivity contribution in [2.75, 3.05) is 0 Å². The van der Waals surface area contributed by atoms with E-state index in [2.05, 4.69) is 4.98 Å². The maximum Gasteiger partial charge on any atom is 0.172 e. The van der Waals surface area contributed by atoms with E-state index in [-0.39, 0.29) is 34.7 Å². The molecule has 0 saturated carbocycles. The second-order valence-corrected chi connectivity index (χ2v) is 6.69. The number of halogens is 1. The number of fused-ring (bicyclic) bond motifs is 1. The van der Waals surface area contributed by atoms with E-state index in [0.717, 1.165) is 22.7 Å². The van der Waals surface area contributed by atoms with Gasteiger partial charge in [0, 0.05) is 44.4 Å². The van der Waals surface area contributed by atoms with Gasteiger partial charge in [-0.1, -0.05) is 18.2 Å². The van der Waals surface area contributed by atoms with Crippen molar-refractivity contribution in [3.63, 3.8) is 0 Å². The van der Waals surface area contributed by atoms with Gasteiger partial charge in [-0.05, 0) is 38.1 Å². The Hall–Kier alpha value is -3.34. The molecule has 0 fully saturated rings. The third kappa shape index (κ3) is 2.63. The fourth-order valence-electron chi connectivity index (χ4n) is 3.69. The molecule has 0 bridgehead atoms. The van der Waals surface area contributed by atoms with Crippen LogP contribution in [0.3, 0.4) is 0 Å². The lowest BCUT2D eigenvalue weighted by molar-refractivity contribution is -0.119. The number of carbonyl (C=O) groups excluding carboxylic acids is 3. The summed E-state index contributed by atoms with van der Waals surface area (Å²) in [5.41, 5.74) is 2.74. The van der Waals surface area contributed by atoms with Crippen molar-refractivity contribution in [2.24, 2.45) is 0 Å². The summed E-state index contributed by atoms with van der Waals surface area (Å²) >= 11 is 0. The Balaban J connectivity index is 2.07. The minimum atomic E-state index is -0.631. The molecule has 0 unspecified atom stereocenters. The average Bonchev–Trinajstić information content (AvgIpc) is 3.09. The first-order valence-corrected chi connectivity index (χ1v) is 8.57. The van der Waals surface area contributed by atoms with Gasteiger partial charge in [-0.15, -0.1) is 0 Å². The van der Waals surface area contributed by atoms with Crippen LogP contribution in [0.5, 0.6) is 0 Å². The summed E-state index contributed by atoms with van der Waals surface area (Å²) in [5.74, 6) is -1.64. The number of Topliss-reactive ketones (excluding diaryl/α,β-unsaturated/α-hetero) is 3. The van der Waals surface area contributed by atoms with Gasteiger partial charge in [0.25, 0.3) is 0 Å². The van der Waals surface area contributed by atoms with Gasteiger partial charge in [-0.25, -0.2) is 4.39 Å². The van der Waals surface area contributed by atoms with Crippen molar-refractivity contribution in [3.05, 3.63) is 70.7 Å². The minimum absolute atomic E-state index is 0.00164. The molecule has 4 rings (SSSR count). The lowest BCUT2D eigenvalue weighted by Gasteiger charge is -2.09. The summed E-state index contributed by atoms with van der Waals surface area (Å²) in [6.07, 6.45) is -0.298. The number of nitrogens with one attached hydrogen (secondary N) is 1. The Morgan fingerprint density at radius 1 is 1.04 bits per heavy atom. The highest BCUT2D eigenvalue weighted by atomic mass is 19.1. The molecule has 3 aromatic rings. The van der Waals surface area contributed by atoms with Gasteiger partial charge in [-0.2, -0.15) is 0 Å². The quantitative estimate of drug-likeness (QED) is 0.560. The largest absolute Gasteiger partial charge is 0.358 e. The Morgan fingerprint density at radius 2 is 1.74 bits per heavy atom. The maximum absolute atomic E-state index is 14.6. The molecule has 134 valence electrons. The number of aromatic nitrogens is 1. The number of benzene rings is 2. The van der Waals surface area contributed by atoms with E-state index in [1.54, 1.807) is 0 Å². The first-order chi connectivity index (χ1) is 12.9. The zero-order valence-electron chi connectivity index (χ0n) is 14.9. The predicted octanol–water partition coefficient (Wildman–Crippen LogP) is 4.27. The fraction of sp³-hybridized carbons (Fsp3) is 0.136. The minimum Gasteiger partial charge on any atom is -0.358 e. The number of aryl methyl sites for hydroxylation is 1. The van der Waals surface area contributed by atoms with E-state index in [1.807, 2.05) is 31.2 Å². The predicted molar refractivity (Wildman–Crippen MR) is 101 cm³/mol. The zero-order valence-corrected chi connectivity index (χ0v) is 14.9. The summed E-state index contributed by atoms with van der Waals surface area (Å²) in [5, 5.41) is 0.800. The molecular formula is C22H16FNO3. The van der Waals surface area contributed by atoms with Crippen LogP contribution < -0.4 is 0 Å². The van der Waals surface area contributed by atoms with Gasteiger partial charge in [0.05, 0.1) is 6.42 Å². The molecule has 4 nitrogen and oxygen atoms in total. The van der Waals surface area contributed by atoms with Crippen molar-refractivity contribution < 1.29 is 18.8 Å². The van der Waals surface area contributed by atoms with Gasteiger partial charge in [-0.3, -0.25) is 14.4 Å². The van der Waals surface area contributed by atoms with Crippen LogP contribution in [0.15, 0.2) is 42.5 Å². The van der Waals surface area contributed by atoms with Crippen LogP contribution in [-0.4, -0.2) is 22.3 Å². The van der Waals surface area contributed by atoms with Gasteiger partial charge in [0.2, 0.25) is 0 Å². The van der Waals surface area contributed by atoms with Gasteiger partial charge in [0.15, 0.2) is 17.3 Å². The van der Waals surface area contributed by atoms with Crippen molar-refractivity contribution in [1.82, 2.24) is 4.98 Å². The average molecular weight is 361 g/mol. The van der Waals surface area contributed by atoms with E-state index in [9.17, 15) is 18.8 Å². The van der Waals surface area contributed by atoms with Crippen LogP contribution in [0, 0.1) is 12.7 Å². The maximum atomic E-state index is 14.6. The Kier molecular flexibility index (Phi) is 3.88. The summed E-state index contributed by atoms with van der Waals surface area (Å²) in [6.45, 7) is 3.19. The van der Waals surface area contributed by atoms with Gasteiger partial charge >= 0.3 is 0 Å². The number of hydrogen-bond acceptors (Lipinski definition) is 3. The normalized spacial score (nSPS) is 14.5. The standard InChI is InChI=1S/C22H16FNO3/c1-11-20(14-5-3-4-6-17(14)24-11)22-19(27)10-18(26)21(22)15-9-13(12(2)25)7-8-16(15)23/h3-9,24H,10H2,1-2H3. The molecular weight excluding hydrogens is 345 g/mol. The zero-order chi connectivity index (χ0) is 19.3. The van der Waals surface area contributed by atoms with Crippen LogP contribution in [-0.2, 0) is 9.59 Å². The number of H-pyrrole nitrogens is 1. The van der Waals surface area contributed by atoms with Gasteiger partial charge in [0.1, 0.15) is 5.82 Å². The topological polar surface area (TPSA) is 67.0 Å². The smallest absolute Gasteiger partial charge is 0.172 e. The van der Waals surface area contributed by atoms with Gasteiger partial charge < -0.3 is 4.98 Å². The first kappa shape index (κ1) is 17.1. The highest BCUT2D eigenvalue weighted by Crippen LogP contribution is 2.40. The molecule has 0 aliphatic heterocycles. The molecule has 1 aliphatic carbocycles. The van der Waals surface area contributed by atoms with Crippen molar-refractivity contribution in [2.45, 2.75) is 20.3 Å². The van der Waals surface area contributed by atoms with Crippen LogP contribution >= 0.6 is 0 Å². The molecule has 5 heteroatoms. The molecule has 2 aromatic carbocycles. The molecule has 1 N–H and O–H groups in total. The van der Waals surface area contributed by atoms with E-state index < -0.39 is 11.6 Å². The molecule has 27 heavy (non-hydrogen) atoms. The summed E-state index contributed by atoms with van der Waals surface area (Å²) in [4.78, 5) is 40.3. The highest BCUT2D eigenvalue weighted by Gasteiger charge is 2.35. The van der Waals surface area contributed by atoms with Crippen LogP contribution in [0.2, 0.25) is 0 Å². The Morgan fingerprint density at radius 3 is 2.48 bits per heavy atom. The molecule has 1 heterocycles. The van der Waals surface area contributed by atoms with Crippen LogP contribution in [0.4, 0.5) is 4.39 Å². The first-order valence-electron chi connectivity index (χ1n) is 8.57. The van der Waals surface area contributed by atoms with E-state index in [4.69, 9.17) is 0 Å². The van der Waals surface area contributed by atoms with E-state index in [0.29, 0.717) is 11.1 Å². The SMILES string of the molecule is CC(=O)c1ccc(F)c(C2=C(c3c(C)[nH]c4ccccc34)C(=O)CC2=O)c1. The molecule has 0 saturated heterocycles. The molecule has 0 amide bonds. The summed E-state index contributed by atoms with van der Waals surface area (Å²) < 4.78 is 14.6. The van der Waals surface area contributed by atoms with E-state index >= 15 is 0 Å². The third-order valence-electron chi connectivity index (χ3n) is 4.91. The third-order valence-corrected chi connectivity index (χ3v) is 4.91. The number of allylic oxidation sites excluding steroid dienone is 2. The number of para-hydroxylation sites is 1. The number of rotatable bonds is 3. The molecule has 0 radical (unpaired) electrons. The molecule has 0 atom stereocenters. The number of ketones is 3. The summed E-state index contributed by atoms with van der Waals surface area (Å²) in [7, 11) is 0. The second kappa shape index (κ2) is 6.13. The highest BCUT2D eigenvalue weighted by molar-refractivity contribution is 6.52. The van der Waals surface area contributed by atoms with Crippen molar-refractivity contribution in [3.8, 4) is 0 Å². The molecule has 1 aromatic heterocycles. The Labute approximate surface area is 154 Å². The fourth-order valence-corrected chi connectivity index (χ4v) is 3.69. The van der Waals surface area contributed by atoms with Crippen molar-refractivity contribution >= 4 is 39.4 Å². The number of aromatic amines is 1. The number of hydrogen-bond donors (Lipinski definition) is 1. The van der Waals surface area contributed by atoms with Crippen LogP contribution in [0.1, 0.15) is 40.5 Å². The lowest BCUT2D eigenvalue weighted by atomic mass is 9.93. The van der Waals surface area contributed by atoms with Crippen LogP contribution in [0.25, 0.3) is 22.0 Å². The second-order valence-electron chi connectivity index (χ2n) is 6.69. The molecule has 0 spiro atoms. The lowest BCUT2D eigenvalue weighted by Crippen LogP contribution is -2.02. The summed E-state index contributed by atoms with van der Waals surface area (Å²) in [6, 6.07) is 11.3. The van der Waals surface area contributed by atoms with Crippen molar-refractivity contribution in [1.29, 1.82) is 0 Å². The number of carbonyl (C=O) groups is 3. The monoisotopic (exact) mass is 361 g/mol. The Bertz CT molecular complexity index is 1180. The van der Waals surface area contributed by atoms with E-state index in [1.165, 1.54) is 19.1 Å². The molecule has 1 aliphatic rings.